The third-order valence-corrected chi connectivity index (χ3v) is 2.17. The predicted octanol–water partition coefficient (Wildman–Crippen LogP) is 2.36. The van der Waals surface area contributed by atoms with Gasteiger partial charge >= 0.3 is 0 Å². The van der Waals surface area contributed by atoms with Crippen LogP contribution in [0.25, 0.3) is 11.0 Å². The Morgan fingerprint density at radius 1 is 1.43 bits per heavy atom. The normalized spacial score (nSPS) is 10.7. The highest BCUT2D eigenvalue weighted by molar-refractivity contribution is 5.76. The molecule has 0 unspecified atom stereocenters. The van der Waals surface area contributed by atoms with Gasteiger partial charge in [-0.3, -0.25) is 0 Å². The summed E-state index contributed by atoms with van der Waals surface area (Å²) in [4.78, 5) is 4.27. The molecular weight excluding hydrogens is 176 g/mol. The zero-order valence-electron chi connectivity index (χ0n) is 8.53. The third-order valence-electron chi connectivity index (χ3n) is 2.17. The van der Waals surface area contributed by atoms with Crippen molar-refractivity contribution in [2.24, 2.45) is 7.05 Å². The fourth-order valence-electron chi connectivity index (χ4n) is 1.43. The van der Waals surface area contributed by atoms with E-state index in [2.05, 4.69) is 11.9 Å². The second kappa shape index (κ2) is 3.70. The first-order valence-electron chi connectivity index (χ1n) is 4.85. The van der Waals surface area contributed by atoms with Crippen molar-refractivity contribution in [2.45, 2.75) is 13.3 Å². The third kappa shape index (κ3) is 1.58. The second-order valence-electron chi connectivity index (χ2n) is 3.35. The maximum atomic E-state index is 5.52. The highest BCUT2D eigenvalue weighted by atomic mass is 16.5. The number of imidazole rings is 1. The average Bonchev–Trinajstić information content (AvgIpc) is 2.57. The number of hydrogen-bond acceptors (Lipinski definition) is 2. The number of aromatic nitrogens is 2. The summed E-state index contributed by atoms with van der Waals surface area (Å²) in [5.74, 6) is 0.901. The van der Waals surface area contributed by atoms with Crippen molar-refractivity contribution in [3.63, 3.8) is 0 Å². The van der Waals surface area contributed by atoms with Gasteiger partial charge in [0.25, 0.3) is 0 Å². The molecule has 0 atom stereocenters. The molecule has 0 aliphatic carbocycles. The van der Waals surface area contributed by atoms with E-state index < -0.39 is 0 Å². The topological polar surface area (TPSA) is 27.1 Å². The van der Waals surface area contributed by atoms with Crippen LogP contribution in [-0.2, 0) is 7.05 Å². The number of benzene rings is 1. The molecule has 1 aromatic carbocycles. The van der Waals surface area contributed by atoms with Crippen LogP contribution in [-0.4, -0.2) is 16.2 Å². The van der Waals surface area contributed by atoms with Gasteiger partial charge in [-0.25, -0.2) is 4.98 Å². The lowest BCUT2D eigenvalue weighted by molar-refractivity contribution is 0.318. The summed E-state index contributed by atoms with van der Waals surface area (Å²) in [6.45, 7) is 2.86. The first kappa shape index (κ1) is 9.06. The molecule has 0 saturated heterocycles. The van der Waals surface area contributed by atoms with Crippen LogP contribution < -0.4 is 4.74 Å². The molecule has 0 amide bonds. The highest BCUT2D eigenvalue weighted by Gasteiger charge is 2.00. The largest absolute Gasteiger partial charge is 0.494 e. The molecule has 0 fully saturated rings. The average molecular weight is 190 g/mol. The molecule has 74 valence electrons. The fourth-order valence-corrected chi connectivity index (χ4v) is 1.43. The van der Waals surface area contributed by atoms with Gasteiger partial charge in [0.05, 0.1) is 24.0 Å². The molecule has 2 aromatic rings. The maximum absolute atomic E-state index is 5.52. The molecule has 2 rings (SSSR count). The van der Waals surface area contributed by atoms with E-state index in [1.54, 1.807) is 0 Å². The SMILES string of the molecule is CCCOc1ccc2c(c1)ncn2C. The minimum Gasteiger partial charge on any atom is -0.494 e. The number of ether oxygens (including phenoxy) is 1. The van der Waals surface area contributed by atoms with Crippen molar-refractivity contribution in [2.75, 3.05) is 6.61 Å². The van der Waals surface area contributed by atoms with Crippen LogP contribution in [0.4, 0.5) is 0 Å². The van der Waals surface area contributed by atoms with Gasteiger partial charge in [-0.15, -0.1) is 0 Å². The van der Waals surface area contributed by atoms with E-state index in [1.807, 2.05) is 36.1 Å². The first-order valence-corrected chi connectivity index (χ1v) is 4.85. The summed E-state index contributed by atoms with van der Waals surface area (Å²) in [7, 11) is 1.99. The number of hydrogen-bond donors (Lipinski definition) is 0. The molecule has 14 heavy (non-hydrogen) atoms. The van der Waals surface area contributed by atoms with Gasteiger partial charge in [0.15, 0.2) is 0 Å². The van der Waals surface area contributed by atoms with E-state index in [0.29, 0.717) is 0 Å². The van der Waals surface area contributed by atoms with Gasteiger partial charge in [0.1, 0.15) is 5.75 Å². The molecule has 0 aliphatic heterocycles. The molecule has 0 radical (unpaired) electrons. The lowest BCUT2D eigenvalue weighted by Crippen LogP contribution is -1.94. The molecule has 1 aromatic heterocycles. The molecule has 3 heteroatoms. The Bertz CT molecular complexity index is 434. The Morgan fingerprint density at radius 2 is 2.29 bits per heavy atom. The molecule has 0 saturated carbocycles. The number of nitrogens with zero attached hydrogens (tertiary/aromatic N) is 2. The summed E-state index contributed by atoms with van der Waals surface area (Å²) < 4.78 is 7.52. The molecule has 3 nitrogen and oxygen atoms in total. The van der Waals surface area contributed by atoms with Gasteiger partial charge in [-0.05, 0) is 18.6 Å². The summed E-state index contributed by atoms with van der Waals surface area (Å²) in [5, 5.41) is 0. The zero-order chi connectivity index (χ0) is 9.97. The van der Waals surface area contributed by atoms with Gasteiger partial charge in [-0.2, -0.15) is 0 Å². The summed E-state index contributed by atoms with van der Waals surface area (Å²) in [5.41, 5.74) is 2.12. The van der Waals surface area contributed by atoms with E-state index in [0.717, 1.165) is 29.8 Å². The minimum atomic E-state index is 0.762. The van der Waals surface area contributed by atoms with E-state index >= 15 is 0 Å². The lowest BCUT2D eigenvalue weighted by atomic mass is 10.3. The van der Waals surface area contributed by atoms with Crippen molar-refractivity contribution in [3.8, 4) is 5.75 Å². The van der Waals surface area contributed by atoms with Crippen LogP contribution in [0.1, 0.15) is 13.3 Å². The van der Waals surface area contributed by atoms with Gasteiger partial charge < -0.3 is 9.30 Å². The minimum absolute atomic E-state index is 0.762. The predicted molar refractivity (Wildman–Crippen MR) is 56.5 cm³/mol. The Labute approximate surface area is 83.3 Å². The summed E-state index contributed by atoms with van der Waals surface area (Å²) >= 11 is 0. The second-order valence-corrected chi connectivity index (χ2v) is 3.35. The highest BCUT2D eigenvalue weighted by Crippen LogP contribution is 2.19. The van der Waals surface area contributed by atoms with E-state index in [-0.39, 0.29) is 0 Å². The van der Waals surface area contributed by atoms with Crippen molar-refractivity contribution in [3.05, 3.63) is 24.5 Å². The van der Waals surface area contributed by atoms with Crippen LogP contribution in [0.5, 0.6) is 5.75 Å². The molecule has 1 heterocycles. The van der Waals surface area contributed by atoms with E-state index in [9.17, 15) is 0 Å². The van der Waals surface area contributed by atoms with Crippen molar-refractivity contribution >= 4 is 11.0 Å². The summed E-state index contributed by atoms with van der Waals surface area (Å²) in [6.07, 6.45) is 2.84. The number of fused-ring (bicyclic) bond motifs is 1. The van der Waals surface area contributed by atoms with Crippen LogP contribution in [0, 0.1) is 0 Å². The van der Waals surface area contributed by atoms with Crippen LogP contribution >= 0.6 is 0 Å². The first-order chi connectivity index (χ1) is 6.81. The van der Waals surface area contributed by atoms with Crippen molar-refractivity contribution in [1.82, 2.24) is 9.55 Å². The molecule has 0 spiro atoms. The maximum Gasteiger partial charge on any atom is 0.121 e. The molecular formula is C11H14N2O. The quantitative estimate of drug-likeness (QED) is 0.743. The smallest absolute Gasteiger partial charge is 0.121 e. The van der Waals surface area contributed by atoms with Crippen molar-refractivity contribution in [1.29, 1.82) is 0 Å². The van der Waals surface area contributed by atoms with E-state index in [4.69, 9.17) is 4.74 Å². The molecule has 0 aliphatic rings. The van der Waals surface area contributed by atoms with Gasteiger partial charge in [-0.1, -0.05) is 6.92 Å². The molecule has 0 N–H and O–H groups in total. The van der Waals surface area contributed by atoms with Gasteiger partial charge in [0.2, 0.25) is 0 Å². The van der Waals surface area contributed by atoms with Crippen molar-refractivity contribution < 1.29 is 4.74 Å². The standard InChI is InChI=1S/C11H14N2O/c1-3-6-14-9-4-5-11-10(7-9)12-8-13(11)2/h4-5,7-8H,3,6H2,1-2H3. The number of aryl methyl sites for hydroxylation is 1. The monoisotopic (exact) mass is 190 g/mol. The van der Waals surface area contributed by atoms with Gasteiger partial charge in [0, 0.05) is 13.1 Å². The number of rotatable bonds is 3. The Balaban J connectivity index is 2.32. The Kier molecular flexibility index (Phi) is 2.39. The molecule has 0 bridgehead atoms. The van der Waals surface area contributed by atoms with Crippen LogP contribution in [0.2, 0.25) is 0 Å². The Morgan fingerprint density at radius 3 is 3.07 bits per heavy atom. The van der Waals surface area contributed by atoms with Crippen LogP contribution in [0.3, 0.4) is 0 Å². The Hall–Kier alpha value is -1.51. The van der Waals surface area contributed by atoms with Crippen LogP contribution in [0.15, 0.2) is 24.5 Å². The lowest BCUT2D eigenvalue weighted by Gasteiger charge is -2.03. The van der Waals surface area contributed by atoms with E-state index in [1.165, 1.54) is 0 Å². The summed E-state index contributed by atoms with van der Waals surface area (Å²) in [6, 6.07) is 6.00. The fraction of sp³-hybridized carbons (Fsp3) is 0.364. The zero-order valence-corrected chi connectivity index (χ0v) is 8.53.